The molecule has 1 atom stereocenters. The van der Waals surface area contributed by atoms with Crippen LogP contribution in [-0.4, -0.2) is 47.5 Å². The van der Waals surface area contributed by atoms with E-state index < -0.39 is 0 Å². The first-order valence-corrected chi connectivity index (χ1v) is 9.32. The minimum absolute atomic E-state index is 0. The van der Waals surface area contributed by atoms with Gasteiger partial charge in [-0.1, -0.05) is 13.8 Å². The van der Waals surface area contributed by atoms with Crippen molar-refractivity contribution in [3.05, 3.63) is 29.8 Å². The molecule has 5 nitrogen and oxygen atoms in total. The number of halogens is 1. The van der Waals surface area contributed by atoms with Crippen molar-refractivity contribution in [3.63, 3.8) is 0 Å². The van der Waals surface area contributed by atoms with Crippen molar-refractivity contribution in [2.24, 2.45) is 0 Å². The van der Waals surface area contributed by atoms with Crippen molar-refractivity contribution in [1.29, 1.82) is 0 Å². The molecule has 0 spiro atoms. The maximum atomic E-state index is 12.5. The molecule has 0 bridgehead atoms. The highest BCUT2D eigenvalue weighted by Gasteiger charge is 2.22. The topological polar surface area (TPSA) is 61.4 Å². The number of thioether (sulfide) groups is 1. The van der Waals surface area contributed by atoms with Crippen molar-refractivity contribution in [3.8, 4) is 0 Å². The first-order chi connectivity index (χ1) is 11.2. The van der Waals surface area contributed by atoms with Gasteiger partial charge in [-0.05, 0) is 37.1 Å². The first kappa shape index (κ1) is 20.8. The summed E-state index contributed by atoms with van der Waals surface area (Å²) in [5.41, 5.74) is 1.39. The maximum absolute atomic E-state index is 12.5. The lowest BCUT2D eigenvalue weighted by molar-refractivity contribution is -0.117. The highest BCUT2D eigenvalue weighted by Crippen LogP contribution is 2.15. The van der Waals surface area contributed by atoms with Crippen LogP contribution in [0.15, 0.2) is 24.3 Å². The van der Waals surface area contributed by atoms with Crippen molar-refractivity contribution in [1.82, 2.24) is 10.2 Å². The van der Waals surface area contributed by atoms with Gasteiger partial charge in [-0.25, -0.2) is 0 Å². The molecule has 134 valence electrons. The summed E-state index contributed by atoms with van der Waals surface area (Å²) in [6.45, 7) is 5.69. The molecule has 2 rings (SSSR count). The number of carbonyl (C=O) groups is 2. The molecule has 1 aliphatic rings. The van der Waals surface area contributed by atoms with E-state index in [1.165, 1.54) is 0 Å². The quantitative estimate of drug-likeness (QED) is 0.773. The van der Waals surface area contributed by atoms with Crippen LogP contribution in [0, 0.1) is 0 Å². The third-order valence-electron chi connectivity index (χ3n) is 3.71. The first-order valence-electron chi connectivity index (χ1n) is 8.17. The number of rotatable bonds is 7. The molecular weight excluding hydrogens is 346 g/mol. The van der Waals surface area contributed by atoms with Crippen molar-refractivity contribution >= 4 is 41.7 Å². The van der Waals surface area contributed by atoms with Crippen LogP contribution < -0.4 is 10.6 Å². The number of carbonyl (C=O) groups excluding carboxylic acids is 2. The highest BCUT2D eigenvalue weighted by atomic mass is 35.5. The molecule has 0 radical (unpaired) electrons. The summed E-state index contributed by atoms with van der Waals surface area (Å²) in [5.74, 6) is 1.65. The van der Waals surface area contributed by atoms with E-state index in [0.717, 1.165) is 43.2 Å². The standard InChI is InChI=1S/C17H25N3O2S.ClH/c1-3-9-20(10-4-2)17(22)13-5-7-14(8-6-13)19-16(21)15-11-23-12-18-15;/h5-8,15,18H,3-4,9-12H2,1-2H3,(H,19,21);1H. The molecule has 1 aromatic rings. The van der Waals surface area contributed by atoms with Gasteiger partial charge in [0.05, 0.1) is 6.04 Å². The van der Waals surface area contributed by atoms with Crippen LogP contribution in [0.4, 0.5) is 5.69 Å². The average molecular weight is 372 g/mol. The number of hydrogen-bond acceptors (Lipinski definition) is 4. The molecule has 0 aliphatic carbocycles. The zero-order valence-corrected chi connectivity index (χ0v) is 15.8. The summed E-state index contributed by atoms with van der Waals surface area (Å²) in [4.78, 5) is 26.4. The largest absolute Gasteiger partial charge is 0.339 e. The summed E-state index contributed by atoms with van der Waals surface area (Å²) in [5, 5.41) is 6.03. The number of hydrogen-bond donors (Lipinski definition) is 2. The highest BCUT2D eigenvalue weighted by molar-refractivity contribution is 7.99. The maximum Gasteiger partial charge on any atom is 0.253 e. The minimum atomic E-state index is -0.133. The molecule has 0 aromatic heterocycles. The van der Waals surface area contributed by atoms with Crippen LogP contribution in [0.3, 0.4) is 0 Å². The lowest BCUT2D eigenvalue weighted by atomic mass is 10.1. The summed E-state index contributed by atoms with van der Waals surface area (Å²) >= 11 is 1.72. The monoisotopic (exact) mass is 371 g/mol. The van der Waals surface area contributed by atoms with Crippen LogP contribution in [0.2, 0.25) is 0 Å². The van der Waals surface area contributed by atoms with E-state index in [4.69, 9.17) is 0 Å². The Labute approximate surface area is 154 Å². The van der Waals surface area contributed by atoms with E-state index in [-0.39, 0.29) is 30.3 Å². The van der Waals surface area contributed by atoms with Crippen molar-refractivity contribution in [2.75, 3.05) is 30.0 Å². The van der Waals surface area contributed by atoms with Crippen LogP contribution in [0.5, 0.6) is 0 Å². The Balaban J connectivity index is 0.00000288. The average Bonchev–Trinajstić information content (AvgIpc) is 3.09. The van der Waals surface area contributed by atoms with Gasteiger partial charge in [-0.3, -0.25) is 14.9 Å². The van der Waals surface area contributed by atoms with E-state index in [1.54, 1.807) is 36.0 Å². The lowest BCUT2D eigenvalue weighted by Crippen LogP contribution is -2.37. The third-order valence-corrected chi connectivity index (χ3v) is 4.65. The molecule has 1 saturated heterocycles. The second-order valence-electron chi connectivity index (χ2n) is 5.63. The Kier molecular flexibility index (Phi) is 9.18. The second kappa shape index (κ2) is 10.6. The van der Waals surface area contributed by atoms with Gasteiger partial charge in [0.25, 0.3) is 5.91 Å². The molecule has 24 heavy (non-hydrogen) atoms. The van der Waals surface area contributed by atoms with Crippen LogP contribution in [0.1, 0.15) is 37.0 Å². The van der Waals surface area contributed by atoms with Gasteiger partial charge < -0.3 is 10.2 Å². The Morgan fingerprint density at radius 2 is 1.83 bits per heavy atom. The number of anilines is 1. The number of nitrogens with one attached hydrogen (secondary N) is 2. The SMILES string of the molecule is CCCN(CCC)C(=O)c1ccc(NC(=O)C2CSCN2)cc1.Cl. The Morgan fingerprint density at radius 1 is 1.21 bits per heavy atom. The van der Waals surface area contributed by atoms with Crippen molar-refractivity contribution in [2.45, 2.75) is 32.7 Å². The molecule has 2 amide bonds. The normalized spacial score (nSPS) is 16.3. The molecule has 1 unspecified atom stereocenters. The van der Waals surface area contributed by atoms with Gasteiger partial charge in [0.1, 0.15) is 0 Å². The number of amides is 2. The Bertz CT molecular complexity index is 527. The van der Waals surface area contributed by atoms with E-state index >= 15 is 0 Å². The molecule has 0 saturated carbocycles. The van der Waals surface area contributed by atoms with Gasteiger partial charge in [0.2, 0.25) is 5.91 Å². The summed E-state index contributed by atoms with van der Waals surface area (Å²) in [6, 6.07) is 7.03. The zero-order valence-electron chi connectivity index (χ0n) is 14.2. The van der Waals surface area contributed by atoms with E-state index in [1.807, 2.05) is 4.90 Å². The van der Waals surface area contributed by atoms with Gasteiger partial charge in [0, 0.05) is 36.0 Å². The summed E-state index contributed by atoms with van der Waals surface area (Å²) in [6.07, 6.45) is 1.90. The van der Waals surface area contributed by atoms with E-state index in [9.17, 15) is 9.59 Å². The Morgan fingerprint density at radius 3 is 2.33 bits per heavy atom. The van der Waals surface area contributed by atoms with Gasteiger partial charge in [-0.2, -0.15) is 0 Å². The second-order valence-corrected chi connectivity index (χ2v) is 6.66. The van der Waals surface area contributed by atoms with Gasteiger partial charge >= 0.3 is 0 Å². The molecule has 1 heterocycles. The fourth-order valence-electron chi connectivity index (χ4n) is 2.53. The molecule has 2 N–H and O–H groups in total. The minimum Gasteiger partial charge on any atom is -0.339 e. The van der Waals surface area contributed by atoms with E-state index in [2.05, 4.69) is 24.5 Å². The summed E-state index contributed by atoms with van der Waals surface area (Å²) in [7, 11) is 0. The fraction of sp³-hybridized carbons (Fsp3) is 0.529. The molecule has 1 aliphatic heterocycles. The number of nitrogens with zero attached hydrogens (tertiary/aromatic N) is 1. The molecule has 7 heteroatoms. The lowest BCUT2D eigenvalue weighted by Gasteiger charge is -2.21. The van der Waals surface area contributed by atoms with Crippen LogP contribution >= 0.6 is 24.2 Å². The van der Waals surface area contributed by atoms with Gasteiger partial charge in [-0.15, -0.1) is 24.2 Å². The zero-order chi connectivity index (χ0) is 16.7. The molecular formula is C17H26ClN3O2S. The molecule has 1 aromatic carbocycles. The smallest absolute Gasteiger partial charge is 0.253 e. The molecule has 1 fully saturated rings. The number of benzene rings is 1. The Hall–Kier alpha value is -1.24. The van der Waals surface area contributed by atoms with Crippen LogP contribution in [-0.2, 0) is 4.79 Å². The fourth-order valence-corrected chi connectivity index (χ4v) is 3.47. The predicted molar refractivity (Wildman–Crippen MR) is 103 cm³/mol. The van der Waals surface area contributed by atoms with Crippen molar-refractivity contribution < 1.29 is 9.59 Å². The van der Waals surface area contributed by atoms with Crippen LogP contribution in [0.25, 0.3) is 0 Å². The van der Waals surface area contributed by atoms with E-state index in [0.29, 0.717) is 5.56 Å². The predicted octanol–water partition coefficient (Wildman–Crippen LogP) is 2.97. The van der Waals surface area contributed by atoms with Gasteiger partial charge in [0.15, 0.2) is 0 Å². The third kappa shape index (κ3) is 5.69. The summed E-state index contributed by atoms with van der Waals surface area (Å²) < 4.78 is 0.